The van der Waals surface area contributed by atoms with Crippen molar-refractivity contribution in [2.24, 2.45) is 0 Å². The van der Waals surface area contributed by atoms with E-state index >= 15 is 0 Å². The number of benzene rings is 2. The number of anilines is 1. The Morgan fingerprint density at radius 3 is 2.33 bits per heavy atom. The summed E-state index contributed by atoms with van der Waals surface area (Å²) in [6.45, 7) is 5.40. The summed E-state index contributed by atoms with van der Waals surface area (Å²) < 4.78 is 35.2. The van der Waals surface area contributed by atoms with Crippen molar-refractivity contribution in [2.75, 3.05) is 11.8 Å². The molecule has 0 atom stereocenters. The van der Waals surface area contributed by atoms with E-state index in [9.17, 15) is 8.42 Å². The van der Waals surface area contributed by atoms with E-state index < -0.39 is 10.0 Å². The van der Waals surface area contributed by atoms with E-state index in [4.69, 9.17) is 16.3 Å². The molecular weight excluding hydrogens is 386 g/mol. The van der Waals surface area contributed by atoms with Gasteiger partial charge in [-0.1, -0.05) is 29.3 Å². The second-order valence-corrected chi connectivity index (χ2v) is 8.23. The Bertz CT molecular complexity index is 1090. The van der Waals surface area contributed by atoms with Crippen LogP contribution in [0.2, 0.25) is 5.02 Å². The van der Waals surface area contributed by atoms with Gasteiger partial charge in [-0.25, -0.2) is 13.1 Å². The highest BCUT2D eigenvalue weighted by atomic mass is 35.5. The SMILES string of the molecule is COc1ccc(NS(=O)(=O)c2c(C)nn(-c3ccc(C)cc3)c2C)cc1Cl. The summed E-state index contributed by atoms with van der Waals surface area (Å²) in [4.78, 5) is 0.148. The zero-order valence-electron chi connectivity index (χ0n) is 15.4. The van der Waals surface area contributed by atoms with Crippen molar-refractivity contribution in [2.45, 2.75) is 25.7 Å². The third-order valence-electron chi connectivity index (χ3n) is 4.18. The van der Waals surface area contributed by atoms with Gasteiger partial charge in [-0.2, -0.15) is 5.10 Å². The van der Waals surface area contributed by atoms with E-state index in [1.807, 2.05) is 31.2 Å². The lowest BCUT2D eigenvalue weighted by Crippen LogP contribution is -2.15. The maximum Gasteiger partial charge on any atom is 0.265 e. The molecule has 0 unspecified atom stereocenters. The molecule has 0 aliphatic carbocycles. The molecular formula is C19H20ClN3O3S. The van der Waals surface area contributed by atoms with Gasteiger partial charge in [0.1, 0.15) is 10.6 Å². The van der Waals surface area contributed by atoms with Crippen molar-refractivity contribution in [1.29, 1.82) is 0 Å². The first kappa shape index (κ1) is 19.3. The molecule has 8 heteroatoms. The van der Waals surface area contributed by atoms with E-state index in [1.165, 1.54) is 13.2 Å². The lowest BCUT2D eigenvalue weighted by Gasteiger charge is -2.11. The fraction of sp³-hybridized carbons (Fsp3) is 0.211. The van der Waals surface area contributed by atoms with E-state index in [0.29, 0.717) is 27.8 Å². The Morgan fingerprint density at radius 2 is 1.74 bits per heavy atom. The summed E-state index contributed by atoms with van der Waals surface area (Å²) in [5, 5.41) is 4.74. The molecule has 3 aromatic rings. The van der Waals surface area contributed by atoms with Gasteiger partial charge < -0.3 is 4.74 Å². The van der Waals surface area contributed by atoms with Crippen molar-refractivity contribution in [1.82, 2.24) is 9.78 Å². The number of rotatable bonds is 5. The Balaban J connectivity index is 2.00. The fourth-order valence-corrected chi connectivity index (χ4v) is 4.59. The van der Waals surface area contributed by atoms with Crippen LogP contribution in [0.5, 0.6) is 5.75 Å². The largest absolute Gasteiger partial charge is 0.495 e. The number of halogens is 1. The molecule has 0 radical (unpaired) electrons. The van der Waals surface area contributed by atoms with Gasteiger partial charge in [0.05, 0.1) is 34.9 Å². The summed E-state index contributed by atoms with van der Waals surface area (Å²) in [5.41, 5.74) is 3.22. The van der Waals surface area contributed by atoms with Crippen LogP contribution in [0.15, 0.2) is 47.4 Å². The second-order valence-electron chi connectivity index (χ2n) is 6.20. The van der Waals surface area contributed by atoms with E-state index in [-0.39, 0.29) is 4.90 Å². The number of nitrogens with one attached hydrogen (secondary N) is 1. The first-order valence-electron chi connectivity index (χ1n) is 8.22. The number of hydrogen-bond donors (Lipinski definition) is 1. The van der Waals surface area contributed by atoms with Crippen LogP contribution in [0.25, 0.3) is 5.69 Å². The highest BCUT2D eigenvalue weighted by Crippen LogP contribution is 2.30. The standard InChI is InChI=1S/C19H20ClN3O3S/c1-12-5-8-16(9-6-12)23-14(3)19(13(2)21-23)27(24,25)22-15-7-10-18(26-4)17(20)11-15/h5-11,22H,1-4H3. The predicted octanol–water partition coefficient (Wildman–Crippen LogP) is 4.26. The van der Waals surface area contributed by atoms with Crippen molar-refractivity contribution < 1.29 is 13.2 Å². The Kier molecular flexibility index (Phi) is 5.17. The van der Waals surface area contributed by atoms with Crippen LogP contribution < -0.4 is 9.46 Å². The van der Waals surface area contributed by atoms with Gasteiger partial charge in [0, 0.05) is 0 Å². The Labute approximate surface area is 163 Å². The van der Waals surface area contributed by atoms with Crippen LogP contribution in [0.4, 0.5) is 5.69 Å². The van der Waals surface area contributed by atoms with Crippen LogP contribution >= 0.6 is 11.6 Å². The molecule has 0 aliphatic rings. The van der Waals surface area contributed by atoms with Crippen LogP contribution in [-0.2, 0) is 10.0 Å². The third-order valence-corrected chi connectivity index (χ3v) is 6.10. The first-order valence-corrected chi connectivity index (χ1v) is 10.1. The number of hydrogen-bond acceptors (Lipinski definition) is 4. The summed E-state index contributed by atoms with van der Waals surface area (Å²) in [7, 11) is -2.34. The molecule has 0 aliphatic heterocycles. The Hall–Kier alpha value is -2.51. The summed E-state index contributed by atoms with van der Waals surface area (Å²) >= 11 is 6.09. The molecule has 0 bridgehead atoms. The van der Waals surface area contributed by atoms with Gasteiger partial charge in [0.25, 0.3) is 10.0 Å². The molecule has 0 fully saturated rings. The molecule has 3 rings (SSSR count). The normalized spacial score (nSPS) is 11.4. The van der Waals surface area contributed by atoms with Crippen molar-refractivity contribution >= 4 is 27.3 Å². The van der Waals surface area contributed by atoms with Crippen LogP contribution in [0, 0.1) is 20.8 Å². The molecule has 6 nitrogen and oxygen atoms in total. The maximum atomic E-state index is 13.0. The highest BCUT2D eigenvalue weighted by Gasteiger charge is 2.25. The van der Waals surface area contributed by atoms with Gasteiger partial charge in [-0.3, -0.25) is 4.72 Å². The van der Waals surface area contributed by atoms with Gasteiger partial charge >= 0.3 is 0 Å². The topological polar surface area (TPSA) is 73.2 Å². The van der Waals surface area contributed by atoms with Crippen molar-refractivity contribution in [3.63, 3.8) is 0 Å². The summed E-state index contributed by atoms with van der Waals surface area (Å²) in [6.07, 6.45) is 0. The molecule has 0 saturated heterocycles. The second kappa shape index (κ2) is 7.25. The van der Waals surface area contributed by atoms with Gasteiger partial charge in [-0.05, 0) is 51.1 Å². The number of nitrogens with zero attached hydrogens (tertiary/aromatic N) is 2. The lowest BCUT2D eigenvalue weighted by atomic mass is 10.2. The Morgan fingerprint density at radius 1 is 1.07 bits per heavy atom. The lowest BCUT2D eigenvalue weighted by molar-refractivity contribution is 0.415. The average Bonchev–Trinajstić information content (AvgIpc) is 2.90. The zero-order chi connectivity index (χ0) is 19.8. The number of ether oxygens (including phenoxy) is 1. The molecule has 0 saturated carbocycles. The van der Waals surface area contributed by atoms with Crippen LogP contribution in [-0.4, -0.2) is 25.3 Å². The monoisotopic (exact) mass is 405 g/mol. The summed E-state index contributed by atoms with van der Waals surface area (Å²) in [5.74, 6) is 0.471. The fourth-order valence-electron chi connectivity index (χ4n) is 2.89. The number of aromatic nitrogens is 2. The molecule has 1 aromatic heterocycles. The molecule has 1 heterocycles. The van der Waals surface area contributed by atoms with Crippen LogP contribution in [0.3, 0.4) is 0 Å². The zero-order valence-corrected chi connectivity index (χ0v) is 17.0. The summed E-state index contributed by atoms with van der Waals surface area (Å²) in [6, 6.07) is 12.4. The quantitative estimate of drug-likeness (QED) is 0.688. The van der Waals surface area contributed by atoms with Gasteiger partial charge in [0.2, 0.25) is 0 Å². The minimum Gasteiger partial charge on any atom is -0.495 e. The van der Waals surface area contributed by atoms with E-state index in [2.05, 4.69) is 9.82 Å². The molecule has 0 spiro atoms. The molecule has 0 amide bonds. The molecule has 142 valence electrons. The molecule has 27 heavy (non-hydrogen) atoms. The van der Waals surface area contributed by atoms with Gasteiger partial charge in [-0.15, -0.1) is 0 Å². The minimum atomic E-state index is -3.84. The van der Waals surface area contributed by atoms with Crippen molar-refractivity contribution in [3.8, 4) is 11.4 Å². The van der Waals surface area contributed by atoms with Crippen molar-refractivity contribution in [3.05, 3.63) is 64.4 Å². The van der Waals surface area contributed by atoms with Crippen LogP contribution in [0.1, 0.15) is 17.0 Å². The van der Waals surface area contributed by atoms with Gasteiger partial charge in [0.15, 0.2) is 0 Å². The number of aryl methyl sites for hydroxylation is 2. The minimum absolute atomic E-state index is 0.148. The predicted molar refractivity (Wildman–Crippen MR) is 107 cm³/mol. The van der Waals surface area contributed by atoms with E-state index in [0.717, 1.165) is 11.3 Å². The highest BCUT2D eigenvalue weighted by molar-refractivity contribution is 7.92. The number of sulfonamides is 1. The van der Waals surface area contributed by atoms with E-state index in [1.54, 1.807) is 30.7 Å². The number of methoxy groups -OCH3 is 1. The first-order chi connectivity index (χ1) is 12.7. The molecule has 1 N–H and O–H groups in total. The third kappa shape index (κ3) is 3.79. The molecule has 2 aromatic carbocycles. The maximum absolute atomic E-state index is 13.0. The average molecular weight is 406 g/mol. The smallest absolute Gasteiger partial charge is 0.265 e.